The van der Waals surface area contributed by atoms with E-state index in [1.807, 2.05) is 69.4 Å². The molecule has 1 aliphatic rings. The molecule has 0 amide bonds. The Morgan fingerprint density at radius 3 is 2.66 bits per heavy atom. The maximum atomic E-state index is 5.75. The highest BCUT2D eigenvalue weighted by atomic mass is 16.5. The number of anilines is 2. The zero-order chi connectivity index (χ0) is 22.8. The SMILES string of the molecule is CC(C)Oc1ccc(NC(=NCc2cccnc2N(C)C)NCCCOCC2CC2)cc1. The predicted molar refractivity (Wildman–Crippen MR) is 132 cm³/mol. The Bertz CT molecular complexity index is 848. The minimum absolute atomic E-state index is 0.153. The van der Waals surface area contributed by atoms with Gasteiger partial charge in [0.2, 0.25) is 0 Å². The molecule has 1 fully saturated rings. The van der Waals surface area contributed by atoms with Gasteiger partial charge in [-0.1, -0.05) is 6.07 Å². The maximum absolute atomic E-state index is 5.75. The van der Waals surface area contributed by atoms with E-state index in [1.54, 1.807) is 0 Å². The molecule has 0 atom stereocenters. The van der Waals surface area contributed by atoms with E-state index in [1.165, 1.54) is 12.8 Å². The number of pyridine rings is 1. The van der Waals surface area contributed by atoms with Crippen molar-refractivity contribution in [3.8, 4) is 5.75 Å². The van der Waals surface area contributed by atoms with E-state index in [0.717, 1.165) is 60.9 Å². The second-order valence-corrected chi connectivity index (χ2v) is 8.66. The first-order valence-electron chi connectivity index (χ1n) is 11.5. The normalized spacial score (nSPS) is 13.8. The number of benzene rings is 1. The number of guanidine groups is 1. The molecular weight excluding hydrogens is 402 g/mol. The van der Waals surface area contributed by atoms with Gasteiger partial charge < -0.3 is 25.0 Å². The summed E-state index contributed by atoms with van der Waals surface area (Å²) in [6.45, 7) is 7.04. The van der Waals surface area contributed by atoms with E-state index < -0.39 is 0 Å². The molecule has 1 saturated carbocycles. The molecular formula is C25H37N5O2. The number of rotatable bonds is 12. The molecule has 1 heterocycles. The molecule has 7 heteroatoms. The number of nitrogens with zero attached hydrogens (tertiary/aromatic N) is 3. The van der Waals surface area contributed by atoms with Gasteiger partial charge in [0.05, 0.1) is 12.6 Å². The van der Waals surface area contributed by atoms with Gasteiger partial charge >= 0.3 is 0 Å². The lowest BCUT2D eigenvalue weighted by atomic mass is 10.2. The fraction of sp³-hybridized carbons (Fsp3) is 0.520. The van der Waals surface area contributed by atoms with E-state index in [-0.39, 0.29) is 6.10 Å². The number of aliphatic imine (C=N–C) groups is 1. The average Bonchev–Trinajstić information content (AvgIpc) is 3.59. The Kier molecular flexibility index (Phi) is 9.16. The molecule has 1 aromatic carbocycles. The summed E-state index contributed by atoms with van der Waals surface area (Å²) >= 11 is 0. The summed E-state index contributed by atoms with van der Waals surface area (Å²) in [5.41, 5.74) is 2.03. The van der Waals surface area contributed by atoms with Crippen molar-refractivity contribution in [1.82, 2.24) is 10.3 Å². The van der Waals surface area contributed by atoms with E-state index in [0.29, 0.717) is 6.54 Å². The number of aromatic nitrogens is 1. The van der Waals surface area contributed by atoms with Gasteiger partial charge in [-0.15, -0.1) is 0 Å². The van der Waals surface area contributed by atoms with Gasteiger partial charge in [0, 0.05) is 51.3 Å². The second kappa shape index (κ2) is 12.3. The predicted octanol–water partition coefficient (Wildman–Crippen LogP) is 4.31. The third-order valence-electron chi connectivity index (χ3n) is 5.00. The van der Waals surface area contributed by atoms with Crippen LogP contribution in [0, 0.1) is 5.92 Å². The highest BCUT2D eigenvalue weighted by Crippen LogP contribution is 2.28. The van der Waals surface area contributed by atoms with Crippen LogP contribution in [0.2, 0.25) is 0 Å². The minimum atomic E-state index is 0.153. The first kappa shape index (κ1) is 23.9. The van der Waals surface area contributed by atoms with Crippen LogP contribution in [0.15, 0.2) is 47.6 Å². The van der Waals surface area contributed by atoms with Crippen LogP contribution >= 0.6 is 0 Å². The van der Waals surface area contributed by atoms with Crippen molar-refractivity contribution in [3.63, 3.8) is 0 Å². The van der Waals surface area contributed by atoms with Gasteiger partial charge in [-0.2, -0.15) is 0 Å². The van der Waals surface area contributed by atoms with E-state index >= 15 is 0 Å². The minimum Gasteiger partial charge on any atom is -0.491 e. The summed E-state index contributed by atoms with van der Waals surface area (Å²) in [4.78, 5) is 11.3. The Morgan fingerprint density at radius 1 is 1.19 bits per heavy atom. The quantitative estimate of drug-likeness (QED) is 0.292. The van der Waals surface area contributed by atoms with Gasteiger partial charge in [0.25, 0.3) is 0 Å². The fourth-order valence-electron chi connectivity index (χ4n) is 3.20. The van der Waals surface area contributed by atoms with Crippen molar-refractivity contribution in [2.75, 3.05) is 44.1 Å². The Morgan fingerprint density at radius 2 is 1.97 bits per heavy atom. The Hall–Kier alpha value is -2.80. The fourth-order valence-corrected chi connectivity index (χ4v) is 3.20. The van der Waals surface area contributed by atoms with Crippen LogP contribution in [0.25, 0.3) is 0 Å². The zero-order valence-corrected chi connectivity index (χ0v) is 19.8. The van der Waals surface area contributed by atoms with E-state index in [2.05, 4.69) is 21.7 Å². The number of nitrogens with one attached hydrogen (secondary N) is 2. The van der Waals surface area contributed by atoms with Crippen LogP contribution < -0.4 is 20.3 Å². The molecule has 0 spiro atoms. The summed E-state index contributed by atoms with van der Waals surface area (Å²) in [6.07, 6.45) is 5.54. The Labute approximate surface area is 192 Å². The van der Waals surface area contributed by atoms with Crippen molar-refractivity contribution < 1.29 is 9.47 Å². The van der Waals surface area contributed by atoms with Crippen LogP contribution in [0.1, 0.15) is 38.7 Å². The summed E-state index contributed by atoms with van der Waals surface area (Å²) < 4.78 is 11.5. The molecule has 2 N–H and O–H groups in total. The summed E-state index contributed by atoms with van der Waals surface area (Å²) in [5.74, 6) is 3.32. The standard InChI is InChI=1S/C25H37N5O2/c1-19(2)32-23-12-10-22(11-13-23)29-25(27-15-6-16-31-18-20-8-9-20)28-17-21-7-5-14-26-24(21)30(3)4/h5,7,10-14,19-20H,6,8-9,15-18H2,1-4H3,(H2,27,28,29). The van der Waals surface area contributed by atoms with Crippen LogP contribution in [0.3, 0.4) is 0 Å². The lowest BCUT2D eigenvalue weighted by Crippen LogP contribution is -2.32. The summed E-state index contributed by atoms with van der Waals surface area (Å²) in [5, 5.41) is 6.84. The second-order valence-electron chi connectivity index (χ2n) is 8.66. The molecule has 0 bridgehead atoms. The molecule has 1 aromatic heterocycles. The van der Waals surface area contributed by atoms with E-state index in [9.17, 15) is 0 Å². The maximum Gasteiger partial charge on any atom is 0.196 e. The largest absolute Gasteiger partial charge is 0.491 e. The first-order chi connectivity index (χ1) is 15.5. The third-order valence-corrected chi connectivity index (χ3v) is 5.00. The smallest absolute Gasteiger partial charge is 0.196 e. The van der Waals surface area contributed by atoms with E-state index in [4.69, 9.17) is 14.5 Å². The van der Waals surface area contributed by atoms with Crippen molar-refractivity contribution in [2.45, 2.75) is 45.8 Å². The van der Waals surface area contributed by atoms with Crippen LogP contribution in [-0.2, 0) is 11.3 Å². The van der Waals surface area contributed by atoms with Gasteiger partial charge in [0.1, 0.15) is 11.6 Å². The molecule has 0 unspecified atom stereocenters. The van der Waals surface area contributed by atoms with Crippen LogP contribution in [-0.4, -0.2) is 50.9 Å². The van der Waals surface area contributed by atoms with Gasteiger partial charge in [-0.05, 0) is 69.4 Å². The molecule has 32 heavy (non-hydrogen) atoms. The molecule has 0 radical (unpaired) electrons. The van der Waals surface area contributed by atoms with Crippen molar-refractivity contribution in [3.05, 3.63) is 48.2 Å². The van der Waals surface area contributed by atoms with Gasteiger partial charge in [-0.25, -0.2) is 9.98 Å². The summed E-state index contributed by atoms with van der Waals surface area (Å²) in [6, 6.07) is 12.0. The summed E-state index contributed by atoms with van der Waals surface area (Å²) in [7, 11) is 3.99. The van der Waals surface area contributed by atoms with Gasteiger partial charge in [-0.3, -0.25) is 0 Å². The molecule has 1 aliphatic carbocycles. The average molecular weight is 440 g/mol. The molecule has 0 saturated heterocycles. The zero-order valence-electron chi connectivity index (χ0n) is 19.8. The number of ether oxygens (including phenoxy) is 2. The first-order valence-corrected chi connectivity index (χ1v) is 11.5. The highest BCUT2D eigenvalue weighted by molar-refractivity contribution is 5.93. The number of hydrogen-bond donors (Lipinski definition) is 2. The molecule has 7 nitrogen and oxygen atoms in total. The van der Waals surface area contributed by atoms with Crippen molar-refractivity contribution >= 4 is 17.5 Å². The third kappa shape index (κ3) is 8.38. The monoisotopic (exact) mass is 439 g/mol. The highest BCUT2D eigenvalue weighted by Gasteiger charge is 2.20. The van der Waals surface area contributed by atoms with Crippen LogP contribution in [0.5, 0.6) is 5.75 Å². The molecule has 3 rings (SSSR count). The molecule has 2 aromatic rings. The number of hydrogen-bond acceptors (Lipinski definition) is 5. The van der Waals surface area contributed by atoms with Crippen molar-refractivity contribution in [2.24, 2.45) is 10.9 Å². The van der Waals surface area contributed by atoms with Gasteiger partial charge in [0.15, 0.2) is 5.96 Å². The topological polar surface area (TPSA) is 71.0 Å². The van der Waals surface area contributed by atoms with Crippen molar-refractivity contribution in [1.29, 1.82) is 0 Å². The Balaban J connectivity index is 1.61. The lowest BCUT2D eigenvalue weighted by molar-refractivity contribution is 0.123. The lowest BCUT2D eigenvalue weighted by Gasteiger charge is -2.16. The van der Waals surface area contributed by atoms with Crippen LogP contribution in [0.4, 0.5) is 11.5 Å². The molecule has 0 aliphatic heterocycles. The molecule has 174 valence electrons.